The van der Waals surface area contributed by atoms with E-state index in [9.17, 15) is 9.59 Å². The predicted octanol–water partition coefficient (Wildman–Crippen LogP) is 1.20. The van der Waals surface area contributed by atoms with E-state index in [4.69, 9.17) is 14.2 Å². The molecule has 27 heavy (non-hydrogen) atoms. The van der Waals surface area contributed by atoms with Gasteiger partial charge in [-0.3, -0.25) is 9.59 Å². The van der Waals surface area contributed by atoms with Gasteiger partial charge in [-0.2, -0.15) is 4.98 Å². The van der Waals surface area contributed by atoms with E-state index in [1.807, 2.05) is 19.0 Å². The smallest absolute Gasteiger partial charge is 0.312 e. The number of rotatable bonds is 5. The predicted molar refractivity (Wildman–Crippen MR) is 98.0 cm³/mol. The van der Waals surface area contributed by atoms with Gasteiger partial charge in [0.25, 0.3) is 5.91 Å². The van der Waals surface area contributed by atoms with Crippen LogP contribution in [0.5, 0.6) is 11.8 Å². The van der Waals surface area contributed by atoms with E-state index in [1.54, 1.807) is 17.0 Å². The van der Waals surface area contributed by atoms with E-state index in [2.05, 4.69) is 4.98 Å². The van der Waals surface area contributed by atoms with Crippen molar-refractivity contribution in [1.29, 1.82) is 0 Å². The molecule has 0 aliphatic carbocycles. The van der Waals surface area contributed by atoms with Crippen LogP contribution in [-0.4, -0.2) is 80.7 Å². The van der Waals surface area contributed by atoms with Crippen molar-refractivity contribution < 1.29 is 23.8 Å². The highest BCUT2D eigenvalue weighted by atomic mass is 16.6. The Labute approximate surface area is 159 Å². The molecule has 1 aromatic rings. The normalized spacial score (nSPS) is 21.4. The van der Waals surface area contributed by atoms with Gasteiger partial charge >= 0.3 is 5.97 Å². The minimum absolute atomic E-state index is 0.0689. The molecule has 3 rings (SSSR count). The first-order valence-corrected chi connectivity index (χ1v) is 9.12. The minimum Gasteiger partial charge on any atom is -0.481 e. The van der Waals surface area contributed by atoms with Crippen molar-refractivity contribution in [3.8, 4) is 11.8 Å². The van der Waals surface area contributed by atoms with Gasteiger partial charge in [0.05, 0.1) is 19.6 Å². The number of aromatic nitrogens is 1. The second-order valence-corrected chi connectivity index (χ2v) is 7.48. The Hall–Kier alpha value is -2.35. The van der Waals surface area contributed by atoms with E-state index >= 15 is 0 Å². The number of ether oxygens (including phenoxy) is 3. The van der Waals surface area contributed by atoms with E-state index in [-0.39, 0.29) is 23.9 Å². The number of likely N-dealkylation sites (N-methyl/N-ethyl adjacent to an activating group) is 1. The Kier molecular flexibility index (Phi) is 5.55. The van der Waals surface area contributed by atoms with E-state index in [0.717, 1.165) is 13.0 Å². The highest BCUT2D eigenvalue weighted by Gasteiger charge is 2.50. The van der Waals surface area contributed by atoms with Crippen molar-refractivity contribution in [3.05, 3.63) is 17.7 Å². The first-order chi connectivity index (χ1) is 12.9. The molecule has 1 unspecified atom stereocenters. The third kappa shape index (κ3) is 3.85. The van der Waals surface area contributed by atoms with Gasteiger partial charge in [-0.25, -0.2) is 0 Å². The van der Waals surface area contributed by atoms with Crippen LogP contribution < -0.4 is 9.47 Å². The van der Waals surface area contributed by atoms with Crippen LogP contribution in [0.15, 0.2) is 12.1 Å². The Balaban J connectivity index is 1.67. The Morgan fingerprint density at radius 1 is 1.30 bits per heavy atom. The largest absolute Gasteiger partial charge is 0.481 e. The van der Waals surface area contributed by atoms with Crippen molar-refractivity contribution in [2.45, 2.75) is 25.4 Å². The highest BCUT2D eigenvalue weighted by molar-refractivity contribution is 5.96. The van der Waals surface area contributed by atoms with Gasteiger partial charge in [-0.1, -0.05) is 0 Å². The summed E-state index contributed by atoms with van der Waals surface area (Å²) in [4.78, 5) is 33.3. The summed E-state index contributed by atoms with van der Waals surface area (Å²) in [7, 11) is 6.92. The zero-order valence-electron chi connectivity index (χ0n) is 16.4. The van der Waals surface area contributed by atoms with Gasteiger partial charge in [-0.05, 0) is 33.0 Å². The van der Waals surface area contributed by atoms with Gasteiger partial charge < -0.3 is 24.0 Å². The summed E-state index contributed by atoms with van der Waals surface area (Å²) in [6.45, 7) is 1.75. The fourth-order valence-corrected chi connectivity index (χ4v) is 3.92. The average molecular weight is 377 g/mol. The number of amides is 1. The minimum atomic E-state index is -0.459. The molecule has 1 aromatic heterocycles. The Morgan fingerprint density at radius 2 is 2.00 bits per heavy atom. The van der Waals surface area contributed by atoms with Crippen molar-refractivity contribution in [2.75, 3.05) is 47.9 Å². The zero-order chi connectivity index (χ0) is 19.6. The number of piperidine rings is 1. The maximum Gasteiger partial charge on any atom is 0.312 e. The van der Waals surface area contributed by atoms with Crippen LogP contribution in [-0.2, 0) is 9.53 Å². The molecule has 0 saturated carbocycles. The number of esters is 1. The number of hydrogen-bond acceptors (Lipinski definition) is 7. The standard InChI is InChI=1S/C19H27N3O5/c1-21(2)12-13-11-19(18(24)27-13)7-9-22(10-8-19)17(23)14-5-6-15(25-3)20-16(14)26-4/h5-6,13H,7-12H2,1-4H3. The van der Waals surface area contributed by atoms with Crippen LogP contribution in [0.1, 0.15) is 29.6 Å². The summed E-state index contributed by atoms with van der Waals surface area (Å²) in [5.74, 6) is 0.366. The molecular formula is C19H27N3O5. The summed E-state index contributed by atoms with van der Waals surface area (Å²) in [5, 5.41) is 0. The van der Waals surface area contributed by atoms with Gasteiger partial charge in [0.15, 0.2) is 0 Å². The molecule has 1 atom stereocenters. The number of carbonyl (C=O) groups excluding carboxylic acids is 2. The molecule has 0 bridgehead atoms. The molecule has 2 saturated heterocycles. The summed E-state index contributed by atoms with van der Waals surface area (Å²) >= 11 is 0. The fourth-order valence-electron chi connectivity index (χ4n) is 3.92. The van der Waals surface area contributed by atoms with Crippen molar-refractivity contribution in [3.63, 3.8) is 0 Å². The number of likely N-dealkylation sites (tertiary alicyclic amines) is 1. The maximum absolute atomic E-state index is 12.9. The molecular weight excluding hydrogens is 350 g/mol. The monoisotopic (exact) mass is 377 g/mol. The van der Waals surface area contributed by atoms with E-state index < -0.39 is 5.41 Å². The van der Waals surface area contributed by atoms with E-state index in [1.165, 1.54) is 14.2 Å². The molecule has 0 N–H and O–H groups in total. The van der Waals surface area contributed by atoms with Crippen LogP contribution >= 0.6 is 0 Å². The molecule has 3 heterocycles. The lowest BCUT2D eigenvalue weighted by molar-refractivity contribution is -0.150. The number of pyridine rings is 1. The van der Waals surface area contributed by atoms with Crippen LogP contribution in [0.25, 0.3) is 0 Å². The second kappa shape index (κ2) is 7.72. The lowest BCUT2D eigenvalue weighted by Crippen LogP contribution is -2.45. The molecule has 2 fully saturated rings. The second-order valence-electron chi connectivity index (χ2n) is 7.48. The molecule has 8 heteroatoms. The molecule has 0 radical (unpaired) electrons. The molecule has 2 aliphatic heterocycles. The molecule has 0 aromatic carbocycles. The number of hydrogen-bond donors (Lipinski definition) is 0. The van der Waals surface area contributed by atoms with Crippen molar-refractivity contribution in [1.82, 2.24) is 14.8 Å². The zero-order valence-corrected chi connectivity index (χ0v) is 16.4. The number of cyclic esters (lactones) is 1. The number of carbonyl (C=O) groups is 2. The van der Waals surface area contributed by atoms with Gasteiger partial charge in [0.1, 0.15) is 11.7 Å². The first-order valence-electron chi connectivity index (χ1n) is 9.12. The van der Waals surface area contributed by atoms with Crippen LogP contribution in [0.4, 0.5) is 0 Å². The van der Waals surface area contributed by atoms with Crippen LogP contribution in [0.2, 0.25) is 0 Å². The summed E-state index contributed by atoms with van der Waals surface area (Å²) in [5.41, 5.74) is -0.0617. The molecule has 148 valence electrons. The Bertz CT molecular complexity index is 713. The highest BCUT2D eigenvalue weighted by Crippen LogP contribution is 2.43. The van der Waals surface area contributed by atoms with Crippen LogP contribution in [0, 0.1) is 5.41 Å². The lowest BCUT2D eigenvalue weighted by atomic mass is 9.76. The quantitative estimate of drug-likeness (QED) is 0.713. The molecule has 8 nitrogen and oxygen atoms in total. The van der Waals surface area contributed by atoms with Crippen LogP contribution in [0.3, 0.4) is 0 Å². The van der Waals surface area contributed by atoms with Crippen molar-refractivity contribution >= 4 is 11.9 Å². The topological polar surface area (TPSA) is 81.2 Å². The third-order valence-electron chi connectivity index (χ3n) is 5.37. The van der Waals surface area contributed by atoms with Crippen molar-refractivity contribution in [2.24, 2.45) is 5.41 Å². The SMILES string of the molecule is COc1ccc(C(=O)N2CCC3(CC2)CC(CN(C)C)OC3=O)c(OC)n1. The Morgan fingerprint density at radius 3 is 2.59 bits per heavy atom. The van der Waals surface area contributed by atoms with Gasteiger partial charge in [-0.15, -0.1) is 0 Å². The fraction of sp³-hybridized carbons (Fsp3) is 0.632. The molecule has 1 spiro atoms. The number of nitrogens with zero attached hydrogens (tertiary/aromatic N) is 3. The average Bonchev–Trinajstić information content (AvgIpc) is 2.95. The number of methoxy groups -OCH3 is 2. The summed E-state index contributed by atoms with van der Waals surface area (Å²) in [6, 6.07) is 3.30. The third-order valence-corrected chi connectivity index (χ3v) is 5.37. The summed E-state index contributed by atoms with van der Waals surface area (Å²) < 4.78 is 15.9. The van der Waals surface area contributed by atoms with Gasteiger partial charge in [0, 0.05) is 32.1 Å². The molecule has 1 amide bonds. The first kappa shape index (κ1) is 19.4. The van der Waals surface area contributed by atoms with E-state index in [0.29, 0.717) is 37.4 Å². The maximum atomic E-state index is 12.9. The lowest BCUT2D eigenvalue weighted by Gasteiger charge is -2.36. The van der Waals surface area contributed by atoms with Gasteiger partial charge in [0.2, 0.25) is 11.8 Å². The summed E-state index contributed by atoms with van der Waals surface area (Å²) in [6.07, 6.45) is 1.89. The molecule has 2 aliphatic rings.